The van der Waals surface area contributed by atoms with Crippen molar-refractivity contribution in [3.8, 4) is 5.75 Å². The first-order valence-corrected chi connectivity index (χ1v) is 11.1. The van der Waals surface area contributed by atoms with Gasteiger partial charge >= 0.3 is 5.97 Å². The van der Waals surface area contributed by atoms with Gasteiger partial charge in [-0.05, 0) is 55.1 Å². The molecule has 0 saturated carbocycles. The number of hydrogen-bond acceptors (Lipinski definition) is 5. The highest BCUT2D eigenvalue weighted by atomic mass is 16.5. The fourth-order valence-electron chi connectivity index (χ4n) is 4.18. The van der Waals surface area contributed by atoms with Crippen molar-refractivity contribution < 1.29 is 14.3 Å². The van der Waals surface area contributed by atoms with Gasteiger partial charge in [-0.2, -0.15) is 0 Å². The van der Waals surface area contributed by atoms with Gasteiger partial charge in [0.15, 0.2) is 0 Å². The van der Waals surface area contributed by atoms with E-state index in [1.807, 2.05) is 62.4 Å². The second-order valence-corrected chi connectivity index (χ2v) is 8.40. The monoisotopic (exact) mass is 453 g/mol. The molecule has 0 bridgehead atoms. The summed E-state index contributed by atoms with van der Waals surface area (Å²) in [4.78, 5) is 30.9. The van der Waals surface area contributed by atoms with Gasteiger partial charge in [-0.25, -0.2) is 0 Å². The van der Waals surface area contributed by atoms with Crippen LogP contribution >= 0.6 is 0 Å². The molecule has 2 atom stereocenters. The van der Waals surface area contributed by atoms with Crippen LogP contribution in [-0.2, 0) is 9.59 Å². The molecule has 0 aliphatic carbocycles. The molecule has 0 radical (unpaired) electrons. The standard InChI is InChI=1S/C28H27N3O3/c1-18-12-19(2)14-22(13-18)26(28(33)34-24-6-4-3-5-7-24)25(16-29)27(32)31-23-9-8-21-17-30-11-10-20(21)15-23/h3-15,17,25-26H,16,29H2,1-2H3,(H,31,32). The van der Waals surface area contributed by atoms with E-state index in [4.69, 9.17) is 10.5 Å². The molecule has 6 nitrogen and oxygen atoms in total. The molecule has 4 aromatic rings. The van der Waals surface area contributed by atoms with Gasteiger partial charge in [0.1, 0.15) is 5.75 Å². The molecule has 172 valence electrons. The third-order valence-corrected chi connectivity index (χ3v) is 5.72. The molecule has 1 amide bonds. The van der Waals surface area contributed by atoms with Gasteiger partial charge < -0.3 is 15.8 Å². The van der Waals surface area contributed by atoms with Crippen molar-refractivity contribution in [3.63, 3.8) is 0 Å². The molecule has 0 saturated heterocycles. The van der Waals surface area contributed by atoms with Gasteiger partial charge in [0.25, 0.3) is 0 Å². The van der Waals surface area contributed by atoms with E-state index in [0.29, 0.717) is 17.0 Å². The summed E-state index contributed by atoms with van der Waals surface area (Å²) in [6.45, 7) is 3.89. The van der Waals surface area contributed by atoms with E-state index in [0.717, 1.165) is 21.9 Å². The van der Waals surface area contributed by atoms with Gasteiger partial charge in [0, 0.05) is 30.0 Å². The van der Waals surface area contributed by atoms with E-state index in [1.165, 1.54) is 0 Å². The van der Waals surface area contributed by atoms with Crippen LogP contribution in [0, 0.1) is 19.8 Å². The minimum Gasteiger partial charge on any atom is -0.426 e. The van der Waals surface area contributed by atoms with E-state index in [1.54, 1.807) is 36.7 Å². The normalized spacial score (nSPS) is 12.7. The van der Waals surface area contributed by atoms with Crippen LogP contribution in [0.3, 0.4) is 0 Å². The number of aromatic nitrogens is 1. The lowest BCUT2D eigenvalue weighted by molar-refractivity contribution is -0.140. The summed E-state index contributed by atoms with van der Waals surface area (Å²) in [6.07, 6.45) is 3.46. The Kier molecular flexibility index (Phi) is 6.99. The largest absolute Gasteiger partial charge is 0.426 e. The number of amides is 1. The number of esters is 1. The first kappa shape index (κ1) is 23.1. The van der Waals surface area contributed by atoms with Gasteiger partial charge in [0.2, 0.25) is 5.91 Å². The predicted molar refractivity (Wildman–Crippen MR) is 134 cm³/mol. The quantitative estimate of drug-likeness (QED) is 0.311. The molecular weight excluding hydrogens is 426 g/mol. The van der Waals surface area contributed by atoms with Crippen LogP contribution in [0.2, 0.25) is 0 Å². The summed E-state index contributed by atoms with van der Waals surface area (Å²) in [5.41, 5.74) is 9.40. The number of nitrogens with one attached hydrogen (secondary N) is 1. The van der Waals surface area contributed by atoms with E-state index >= 15 is 0 Å². The van der Waals surface area contributed by atoms with Crippen molar-refractivity contribution in [2.24, 2.45) is 11.7 Å². The zero-order valence-electron chi connectivity index (χ0n) is 19.2. The number of nitrogens with zero attached hydrogens (tertiary/aromatic N) is 1. The molecule has 1 heterocycles. The highest BCUT2D eigenvalue weighted by molar-refractivity contribution is 5.99. The van der Waals surface area contributed by atoms with Crippen molar-refractivity contribution in [2.75, 3.05) is 11.9 Å². The van der Waals surface area contributed by atoms with E-state index < -0.39 is 17.8 Å². The van der Waals surface area contributed by atoms with Crippen molar-refractivity contribution in [2.45, 2.75) is 19.8 Å². The van der Waals surface area contributed by atoms with Crippen LogP contribution in [0.5, 0.6) is 5.75 Å². The Bertz CT molecular complexity index is 1300. The smallest absolute Gasteiger partial charge is 0.319 e. The number of ether oxygens (including phenoxy) is 1. The lowest BCUT2D eigenvalue weighted by atomic mass is 9.84. The first-order valence-electron chi connectivity index (χ1n) is 11.1. The highest BCUT2D eigenvalue weighted by Crippen LogP contribution is 2.30. The average Bonchev–Trinajstić information content (AvgIpc) is 2.82. The maximum atomic E-state index is 13.4. The lowest BCUT2D eigenvalue weighted by Gasteiger charge is -2.25. The minimum absolute atomic E-state index is 0.0229. The number of nitrogens with two attached hydrogens (primary N) is 1. The number of anilines is 1. The number of carbonyl (C=O) groups is 2. The average molecular weight is 454 g/mol. The molecule has 0 spiro atoms. The zero-order valence-corrected chi connectivity index (χ0v) is 19.2. The number of aryl methyl sites for hydroxylation is 2. The molecule has 0 fully saturated rings. The fraction of sp³-hybridized carbons (Fsp3) is 0.179. The van der Waals surface area contributed by atoms with Crippen LogP contribution in [0.15, 0.2) is 85.2 Å². The summed E-state index contributed by atoms with van der Waals surface area (Å²) in [6, 6.07) is 22.1. The molecule has 0 aliphatic heterocycles. The minimum atomic E-state index is -0.867. The highest BCUT2D eigenvalue weighted by Gasteiger charge is 2.36. The number of pyridine rings is 1. The van der Waals surface area contributed by atoms with Gasteiger partial charge in [-0.15, -0.1) is 0 Å². The summed E-state index contributed by atoms with van der Waals surface area (Å²) < 4.78 is 5.67. The lowest BCUT2D eigenvalue weighted by Crippen LogP contribution is -2.39. The Balaban J connectivity index is 1.66. The zero-order chi connectivity index (χ0) is 24.1. The van der Waals surface area contributed by atoms with Crippen LogP contribution in [-0.4, -0.2) is 23.4 Å². The van der Waals surface area contributed by atoms with Crippen LogP contribution in [0.25, 0.3) is 10.8 Å². The van der Waals surface area contributed by atoms with Crippen molar-refractivity contribution >= 4 is 28.3 Å². The molecule has 34 heavy (non-hydrogen) atoms. The molecule has 3 N–H and O–H groups in total. The number of hydrogen-bond donors (Lipinski definition) is 2. The maximum Gasteiger partial charge on any atom is 0.319 e. The molecule has 0 aliphatic rings. The fourth-order valence-corrected chi connectivity index (χ4v) is 4.18. The summed E-state index contributed by atoms with van der Waals surface area (Å²) in [5, 5.41) is 4.85. The summed E-state index contributed by atoms with van der Waals surface area (Å²) in [7, 11) is 0. The predicted octanol–water partition coefficient (Wildman–Crippen LogP) is 4.75. The van der Waals surface area contributed by atoms with E-state index in [2.05, 4.69) is 10.3 Å². The van der Waals surface area contributed by atoms with Gasteiger partial charge in [-0.3, -0.25) is 14.6 Å². The first-order chi connectivity index (χ1) is 16.4. The second kappa shape index (κ2) is 10.3. The topological polar surface area (TPSA) is 94.3 Å². The maximum absolute atomic E-state index is 13.4. The Morgan fingerprint density at radius 2 is 1.68 bits per heavy atom. The Labute approximate surface area is 198 Å². The van der Waals surface area contributed by atoms with E-state index in [-0.39, 0.29) is 12.5 Å². The molecule has 6 heteroatoms. The van der Waals surface area contributed by atoms with E-state index in [9.17, 15) is 9.59 Å². The second-order valence-electron chi connectivity index (χ2n) is 8.40. The molecule has 4 rings (SSSR count). The van der Waals surface area contributed by atoms with Crippen LogP contribution < -0.4 is 15.8 Å². The number of para-hydroxylation sites is 1. The van der Waals surface area contributed by atoms with Crippen LogP contribution in [0.1, 0.15) is 22.6 Å². The third kappa shape index (κ3) is 5.30. The van der Waals surface area contributed by atoms with Crippen molar-refractivity contribution in [1.29, 1.82) is 0 Å². The Morgan fingerprint density at radius 3 is 2.38 bits per heavy atom. The SMILES string of the molecule is Cc1cc(C)cc(C(C(=O)Oc2ccccc2)C(CN)C(=O)Nc2ccc3cnccc3c2)c1. The Morgan fingerprint density at radius 1 is 0.941 bits per heavy atom. The number of fused-ring (bicyclic) bond motifs is 1. The number of rotatable bonds is 7. The van der Waals surface area contributed by atoms with Crippen molar-refractivity contribution in [1.82, 2.24) is 4.98 Å². The molecular formula is C28H27N3O3. The number of benzene rings is 3. The molecule has 2 unspecified atom stereocenters. The summed E-state index contributed by atoms with van der Waals surface area (Å²) >= 11 is 0. The van der Waals surface area contributed by atoms with Crippen molar-refractivity contribution in [3.05, 3.63) is 102 Å². The summed E-state index contributed by atoms with van der Waals surface area (Å²) in [5.74, 6) is -2.14. The Hall–Kier alpha value is -4.03. The molecule has 1 aromatic heterocycles. The third-order valence-electron chi connectivity index (χ3n) is 5.72. The number of carbonyl (C=O) groups excluding carboxylic acids is 2. The molecule has 3 aromatic carbocycles. The van der Waals surface area contributed by atoms with Gasteiger partial charge in [0.05, 0.1) is 11.8 Å². The van der Waals surface area contributed by atoms with Crippen LogP contribution in [0.4, 0.5) is 5.69 Å². The van der Waals surface area contributed by atoms with Gasteiger partial charge in [-0.1, -0.05) is 53.6 Å².